The van der Waals surface area contributed by atoms with Gasteiger partial charge in [-0.05, 0) is 50.2 Å². The Kier molecular flexibility index (Phi) is 15.9. The van der Waals surface area contributed by atoms with Gasteiger partial charge in [0.15, 0.2) is 8.32 Å². The summed E-state index contributed by atoms with van der Waals surface area (Å²) in [5.41, 5.74) is 0. The van der Waals surface area contributed by atoms with Gasteiger partial charge in [-0.15, -0.1) is 0 Å². The Hall–Kier alpha value is -0.0831. The molecule has 0 bridgehead atoms. The molecule has 0 N–H and O–H groups in total. The van der Waals surface area contributed by atoms with Crippen LogP contribution in [0.5, 0.6) is 0 Å². The third-order valence-corrected chi connectivity index (χ3v) is 10.5. The average molecular weight is 383 g/mol. The van der Waals surface area contributed by atoms with Gasteiger partial charge in [-0.25, -0.2) is 0 Å². The maximum atomic E-state index is 6.24. The molecule has 0 aliphatic rings. The van der Waals surface area contributed by atoms with E-state index in [4.69, 9.17) is 4.43 Å². The fourth-order valence-electron chi connectivity index (χ4n) is 2.89. The van der Waals surface area contributed by atoms with Crippen LogP contribution in [0.15, 0.2) is 12.2 Å². The van der Waals surface area contributed by atoms with Crippen molar-refractivity contribution in [2.75, 3.05) is 6.61 Å². The van der Waals surface area contributed by atoms with E-state index in [0.29, 0.717) is 5.04 Å². The lowest BCUT2D eigenvalue weighted by atomic mass is 10.1. The zero-order valence-corrected chi connectivity index (χ0v) is 20.2. The summed E-state index contributed by atoms with van der Waals surface area (Å²) < 4.78 is 6.24. The molecule has 0 aromatic heterocycles. The highest BCUT2D eigenvalue weighted by molar-refractivity contribution is 6.74. The fraction of sp³-hybridized carbons (Fsp3) is 0.917. The molecule has 0 atom stereocenters. The van der Waals surface area contributed by atoms with E-state index in [1.807, 2.05) is 0 Å². The van der Waals surface area contributed by atoms with Gasteiger partial charge < -0.3 is 4.43 Å². The summed E-state index contributed by atoms with van der Waals surface area (Å²) in [5.74, 6) is 0. The Morgan fingerprint density at radius 3 is 1.54 bits per heavy atom. The molecule has 2 heteroatoms. The zero-order chi connectivity index (χ0) is 19.7. The standard InChI is InChI=1S/C24H50OSi/c1-7-8-9-10-11-12-13-14-15-16-17-18-19-20-21-22-23-25-26(5,6)24(2,3)4/h13-14H,7-12,15-23H2,1-6H3/b14-13+. The summed E-state index contributed by atoms with van der Waals surface area (Å²) in [6, 6.07) is 0. The molecule has 0 aromatic carbocycles. The van der Waals surface area contributed by atoms with Gasteiger partial charge in [-0.2, -0.15) is 0 Å². The molecule has 0 saturated carbocycles. The molecular weight excluding hydrogens is 332 g/mol. The van der Waals surface area contributed by atoms with Crippen LogP contribution in [0.25, 0.3) is 0 Å². The molecule has 0 radical (unpaired) electrons. The number of unbranched alkanes of at least 4 members (excludes halogenated alkanes) is 12. The molecule has 0 fully saturated rings. The molecule has 0 unspecified atom stereocenters. The van der Waals surface area contributed by atoms with Crippen molar-refractivity contribution in [3.8, 4) is 0 Å². The zero-order valence-electron chi connectivity index (χ0n) is 19.2. The largest absolute Gasteiger partial charge is 0.417 e. The Bertz CT molecular complexity index is 328. The molecule has 0 aliphatic heterocycles. The van der Waals surface area contributed by atoms with Crippen LogP contribution in [0.2, 0.25) is 18.1 Å². The SMILES string of the molecule is CCCCCCC/C=C/CCCCCCCCCO[Si](C)(C)C(C)(C)C. The Balaban J connectivity index is 3.29. The molecule has 26 heavy (non-hydrogen) atoms. The summed E-state index contributed by atoms with van der Waals surface area (Å²) in [7, 11) is -1.52. The van der Waals surface area contributed by atoms with Crippen molar-refractivity contribution in [1.29, 1.82) is 0 Å². The smallest absolute Gasteiger partial charge is 0.191 e. The van der Waals surface area contributed by atoms with Crippen LogP contribution < -0.4 is 0 Å². The van der Waals surface area contributed by atoms with E-state index < -0.39 is 8.32 Å². The van der Waals surface area contributed by atoms with E-state index in [1.165, 1.54) is 89.9 Å². The minimum absolute atomic E-state index is 0.344. The lowest BCUT2D eigenvalue weighted by molar-refractivity contribution is 0.277. The first-order valence-corrected chi connectivity index (χ1v) is 14.5. The molecule has 0 amide bonds. The quantitative estimate of drug-likeness (QED) is 0.138. The monoisotopic (exact) mass is 382 g/mol. The van der Waals surface area contributed by atoms with Crippen LogP contribution in [0, 0.1) is 0 Å². The number of allylic oxidation sites excluding steroid dienone is 2. The van der Waals surface area contributed by atoms with Crippen molar-refractivity contribution in [3.63, 3.8) is 0 Å². The van der Waals surface area contributed by atoms with E-state index in [1.54, 1.807) is 0 Å². The summed E-state index contributed by atoms with van der Waals surface area (Å²) >= 11 is 0. The molecule has 0 spiro atoms. The van der Waals surface area contributed by atoms with Crippen LogP contribution in [-0.2, 0) is 4.43 Å². The van der Waals surface area contributed by atoms with Crippen LogP contribution in [0.4, 0.5) is 0 Å². The van der Waals surface area contributed by atoms with Gasteiger partial charge in [0, 0.05) is 6.61 Å². The van der Waals surface area contributed by atoms with Gasteiger partial charge in [0.25, 0.3) is 0 Å². The van der Waals surface area contributed by atoms with Crippen LogP contribution in [-0.4, -0.2) is 14.9 Å². The second-order valence-corrected chi connectivity index (χ2v) is 14.4. The van der Waals surface area contributed by atoms with E-state index in [0.717, 1.165) is 6.61 Å². The Labute approximate surface area is 167 Å². The van der Waals surface area contributed by atoms with Gasteiger partial charge in [-0.1, -0.05) is 97.6 Å². The van der Waals surface area contributed by atoms with Crippen molar-refractivity contribution in [2.45, 2.75) is 136 Å². The highest BCUT2D eigenvalue weighted by Gasteiger charge is 2.36. The Morgan fingerprint density at radius 1 is 0.654 bits per heavy atom. The third-order valence-electron chi connectivity index (χ3n) is 5.93. The summed E-state index contributed by atoms with van der Waals surface area (Å²) in [4.78, 5) is 0. The van der Waals surface area contributed by atoms with Gasteiger partial charge in [0.05, 0.1) is 0 Å². The number of hydrogen-bond acceptors (Lipinski definition) is 1. The number of rotatable bonds is 17. The summed E-state index contributed by atoms with van der Waals surface area (Å²) in [5, 5.41) is 0.344. The van der Waals surface area contributed by atoms with Gasteiger partial charge in [-0.3, -0.25) is 0 Å². The van der Waals surface area contributed by atoms with E-state index in [2.05, 4.69) is 52.9 Å². The fourth-order valence-corrected chi connectivity index (χ4v) is 3.98. The van der Waals surface area contributed by atoms with Crippen molar-refractivity contribution < 1.29 is 4.43 Å². The molecule has 0 aliphatic carbocycles. The first-order chi connectivity index (χ1) is 12.3. The number of hydrogen-bond donors (Lipinski definition) is 0. The maximum Gasteiger partial charge on any atom is 0.191 e. The van der Waals surface area contributed by atoms with Crippen molar-refractivity contribution in [3.05, 3.63) is 12.2 Å². The second kappa shape index (κ2) is 15.9. The molecule has 0 saturated heterocycles. The minimum atomic E-state index is -1.52. The Morgan fingerprint density at radius 2 is 1.08 bits per heavy atom. The van der Waals surface area contributed by atoms with Gasteiger partial charge >= 0.3 is 0 Å². The van der Waals surface area contributed by atoms with E-state index >= 15 is 0 Å². The predicted octanol–water partition coefficient (Wildman–Crippen LogP) is 9.05. The predicted molar refractivity (Wildman–Crippen MR) is 123 cm³/mol. The van der Waals surface area contributed by atoms with Crippen molar-refractivity contribution in [2.24, 2.45) is 0 Å². The molecule has 156 valence electrons. The van der Waals surface area contributed by atoms with Crippen molar-refractivity contribution in [1.82, 2.24) is 0 Å². The molecule has 1 nitrogen and oxygen atoms in total. The van der Waals surface area contributed by atoms with E-state index in [-0.39, 0.29) is 0 Å². The van der Waals surface area contributed by atoms with E-state index in [9.17, 15) is 0 Å². The second-order valence-electron chi connectivity index (χ2n) is 9.55. The van der Waals surface area contributed by atoms with Crippen LogP contribution in [0.1, 0.15) is 118 Å². The summed E-state index contributed by atoms with van der Waals surface area (Å²) in [6.45, 7) is 14.9. The maximum absolute atomic E-state index is 6.24. The first kappa shape index (κ1) is 25.9. The average Bonchev–Trinajstić information content (AvgIpc) is 2.56. The normalized spacial score (nSPS) is 13.0. The lowest BCUT2D eigenvalue weighted by Crippen LogP contribution is -2.40. The molecule has 0 rings (SSSR count). The molecular formula is C24H50OSi. The van der Waals surface area contributed by atoms with Gasteiger partial charge in [0.2, 0.25) is 0 Å². The highest BCUT2D eigenvalue weighted by atomic mass is 28.4. The topological polar surface area (TPSA) is 9.23 Å². The summed E-state index contributed by atoms with van der Waals surface area (Å²) in [6.07, 6.45) is 23.9. The minimum Gasteiger partial charge on any atom is -0.417 e. The van der Waals surface area contributed by atoms with Crippen molar-refractivity contribution >= 4 is 8.32 Å². The highest BCUT2D eigenvalue weighted by Crippen LogP contribution is 2.36. The van der Waals surface area contributed by atoms with Crippen LogP contribution >= 0.6 is 0 Å². The molecule has 0 heterocycles. The third kappa shape index (κ3) is 15.0. The van der Waals surface area contributed by atoms with Crippen LogP contribution in [0.3, 0.4) is 0 Å². The first-order valence-electron chi connectivity index (χ1n) is 11.6. The lowest BCUT2D eigenvalue weighted by Gasteiger charge is -2.36. The molecule has 0 aromatic rings. The van der Waals surface area contributed by atoms with Gasteiger partial charge in [0.1, 0.15) is 0 Å².